The Balaban J connectivity index is 1.37. The minimum atomic E-state index is -1.44. The molecule has 0 saturated carbocycles. The Bertz CT molecular complexity index is 1700. The van der Waals surface area contributed by atoms with Crippen molar-refractivity contribution in [1.82, 2.24) is 10.3 Å². The van der Waals surface area contributed by atoms with Crippen LogP contribution in [-0.2, 0) is 26.3 Å². The molecule has 0 unspecified atom stereocenters. The van der Waals surface area contributed by atoms with Crippen LogP contribution in [0.5, 0.6) is 0 Å². The van der Waals surface area contributed by atoms with Crippen LogP contribution in [-0.4, -0.2) is 33.7 Å². The maximum Gasteiger partial charge on any atom is 0.271 e. The number of imide groups is 1. The highest BCUT2D eigenvalue weighted by molar-refractivity contribution is 6.26. The number of benzene rings is 3. The van der Waals surface area contributed by atoms with E-state index >= 15 is 0 Å². The van der Waals surface area contributed by atoms with Crippen LogP contribution >= 0.6 is 0 Å². The van der Waals surface area contributed by atoms with Crippen molar-refractivity contribution in [3.8, 4) is 0 Å². The third-order valence-electron chi connectivity index (χ3n) is 8.04. The van der Waals surface area contributed by atoms with Crippen molar-refractivity contribution in [3.05, 3.63) is 100 Å². The van der Waals surface area contributed by atoms with Crippen molar-refractivity contribution in [2.45, 2.75) is 18.0 Å². The normalized spacial score (nSPS) is 25.7. The molecule has 10 heteroatoms. The molecule has 1 spiro atoms. The van der Waals surface area contributed by atoms with Crippen molar-refractivity contribution in [1.29, 1.82) is 0 Å². The smallest absolute Gasteiger partial charge is 0.271 e. The van der Waals surface area contributed by atoms with Gasteiger partial charge in [-0.05, 0) is 30.2 Å². The van der Waals surface area contributed by atoms with Gasteiger partial charge in [0.1, 0.15) is 5.54 Å². The number of nitro benzene ring substituents is 1. The summed E-state index contributed by atoms with van der Waals surface area (Å²) >= 11 is 0. The first-order valence-electron chi connectivity index (χ1n) is 12.3. The molecule has 3 aromatic carbocycles. The molecule has 2 saturated heterocycles. The van der Waals surface area contributed by atoms with E-state index in [1.807, 2.05) is 30.5 Å². The first-order chi connectivity index (χ1) is 18.4. The number of aromatic amines is 1. The van der Waals surface area contributed by atoms with Crippen molar-refractivity contribution in [3.63, 3.8) is 0 Å². The lowest BCUT2D eigenvalue weighted by Gasteiger charge is -2.29. The second kappa shape index (κ2) is 7.83. The molecule has 4 atom stereocenters. The van der Waals surface area contributed by atoms with Crippen molar-refractivity contribution >= 4 is 45.7 Å². The number of carbonyl (C=O) groups excluding carboxylic acids is 3. The molecule has 1 aromatic heterocycles. The van der Waals surface area contributed by atoms with Crippen LogP contribution in [0.4, 0.5) is 17.1 Å². The van der Waals surface area contributed by atoms with Crippen LogP contribution in [0.15, 0.2) is 79.0 Å². The lowest BCUT2D eigenvalue weighted by molar-refractivity contribution is -0.384. The van der Waals surface area contributed by atoms with Gasteiger partial charge in [0.2, 0.25) is 17.7 Å². The minimum Gasteiger partial charge on any atom is -0.361 e. The maximum atomic E-state index is 14.1. The maximum absolute atomic E-state index is 14.1. The molecule has 4 aromatic rings. The van der Waals surface area contributed by atoms with Crippen LogP contribution < -0.4 is 15.5 Å². The number of fused-ring (bicyclic) bond motifs is 5. The molecule has 3 amide bonds. The molecule has 38 heavy (non-hydrogen) atoms. The first kappa shape index (κ1) is 22.4. The Kier molecular flexibility index (Phi) is 4.61. The van der Waals surface area contributed by atoms with Crippen LogP contribution in [0.1, 0.15) is 11.1 Å². The van der Waals surface area contributed by atoms with Gasteiger partial charge in [-0.3, -0.25) is 29.8 Å². The molecule has 3 N–H and O–H groups in total. The molecule has 3 aliphatic heterocycles. The number of amides is 3. The second-order valence-electron chi connectivity index (χ2n) is 9.91. The van der Waals surface area contributed by atoms with Gasteiger partial charge in [0.25, 0.3) is 5.69 Å². The number of rotatable bonds is 4. The molecule has 2 fully saturated rings. The Morgan fingerprint density at radius 2 is 1.74 bits per heavy atom. The molecule has 188 valence electrons. The number of non-ortho nitro benzene ring substituents is 1. The Morgan fingerprint density at radius 3 is 2.58 bits per heavy atom. The van der Waals surface area contributed by atoms with Gasteiger partial charge in [0, 0.05) is 46.5 Å². The fourth-order valence-corrected chi connectivity index (χ4v) is 6.47. The van der Waals surface area contributed by atoms with Crippen molar-refractivity contribution in [2.75, 3.05) is 10.2 Å². The van der Waals surface area contributed by atoms with E-state index in [1.54, 1.807) is 24.3 Å². The largest absolute Gasteiger partial charge is 0.361 e. The SMILES string of the molecule is O=C1[C@H]2[C@H](Cc3c[nH]c4ccccc34)N[C@]3(C(=O)Nc4ccccc43)[C@@H]2C(=O)N1c1cccc([N+](=O)[O-])c1. The zero-order chi connectivity index (χ0) is 26.2. The van der Waals surface area contributed by atoms with Gasteiger partial charge in [-0.2, -0.15) is 0 Å². The Labute approximate surface area is 215 Å². The quantitative estimate of drug-likeness (QED) is 0.220. The number of aromatic nitrogens is 1. The third-order valence-corrected chi connectivity index (χ3v) is 8.04. The molecular formula is C28H21N5O5. The van der Waals surface area contributed by atoms with Crippen LogP contribution in [0.2, 0.25) is 0 Å². The molecular weight excluding hydrogens is 486 g/mol. The number of nitrogens with zero attached hydrogens (tertiary/aromatic N) is 2. The summed E-state index contributed by atoms with van der Waals surface area (Å²) in [5, 5.41) is 18.7. The summed E-state index contributed by atoms with van der Waals surface area (Å²) < 4.78 is 0. The minimum absolute atomic E-state index is 0.122. The number of carbonyl (C=O) groups is 3. The van der Waals surface area contributed by atoms with E-state index in [1.165, 1.54) is 24.3 Å². The van der Waals surface area contributed by atoms with Gasteiger partial charge in [-0.25, -0.2) is 4.90 Å². The molecule has 0 aliphatic carbocycles. The van der Waals surface area contributed by atoms with E-state index < -0.39 is 46.1 Å². The van der Waals surface area contributed by atoms with Crippen LogP contribution in [0.25, 0.3) is 10.9 Å². The van der Waals surface area contributed by atoms with Gasteiger partial charge in [-0.1, -0.05) is 42.5 Å². The molecule has 7 rings (SSSR count). The summed E-state index contributed by atoms with van der Waals surface area (Å²) in [6, 6.07) is 19.9. The van der Waals surface area contributed by atoms with Gasteiger partial charge < -0.3 is 10.3 Å². The molecule has 4 heterocycles. The highest BCUT2D eigenvalue weighted by Crippen LogP contribution is 2.54. The molecule has 0 bridgehead atoms. The standard InChI is InChI=1S/C28H21N5O5/c34-25-23-22(12-15-14-29-20-10-3-1-8-18(15)20)31-28(19-9-2-4-11-21(19)30-27(28)36)24(23)26(35)32(25)16-6-5-7-17(13-16)33(37)38/h1-11,13-14,22-24,29,31H,12H2,(H,30,36)/t22-,23-,24-,28-/m0/s1. The van der Waals surface area contributed by atoms with Crippen molar-refractivity contribution < 1.29 is 19.3 Å². The highest BCUT2D eigenvalue weighted by atomic mass is 16.6. The van der Waals surface area contributed by atoms with Gasteiger partial charge >= 0.3 is 0 Å². The van der Waals surface area contributed by atoms with Gasteiger partial charge in [0.05, 0.1) is 22.4 Å². The van der Waals surface area contributed by atoms with Gasteiger partial charge in [-0.15, -0.1) is 0 Å². The summed E-state index contributed by atoms with van der Waals surface area (Å²) in [7, 11) is 0. The number of H-pyrrole nitrogens is 1. The fraction of sp³-hybridized carbons (Fsp3) is 0.179. The lowest BCUT2D eigenvalue weighted by Crippen LogP contribution is -2.53. The summed E-state index contributed by atoms with van der Waals surface area (Å²) in [5.74, 6) is -3.30. The Morgan fingerprint density at radius 1 is 0.947 bits per heavy atom. The highest BCUT2D eigenvalue weighted by Gasteiger charge is 2.70. The number of nitro groups is 1. The summed E-state index contributed by atoms with van der Waals surface area (Å²) in [5.41, 5.74) is 1.55. The van der Waals surface area contributed by atoms with E-state index in [0.29, 0.717) is 17.7 Å². The lowest BCUT2D eigenvalue weighted by atomic mass is 9.76. The molecule has 3 aliphatic rings. The van der Waals surface area contributed by atoms with E-state index in [0.717, 1.165) is 21.4 Å². The zero-order valence-corrected chi connectivity index (χ0v) is 19.9. The van der Waals surface area contributed by atoms with Crippen molar-refractivity contribution in [2.24, 2.45) is 11.8 Å². The fourth-order valence-electron chi connectivity index (χ4n) is 6.47. The van der Waals surface area contributed by atoms with Crippen LogP contribution in [0, 0.1) is 22.0 Å². The van der Waals surface area contributed by atoms with E-state index in [9.17, 15) is 24.5 Å². The predicted octanol–water partition coefficient (Wildman–Crippen LogP) is 3.24. The number of nitrogens with one attached hydrogen (secondary N) is 3. The topological polar surface area (TPSA) is 137 Å². The first-order valence-corrected chi connectivity index (χ1v) is 12.3. The van der Waals surface area contributed by atoms with Crippen LogP contribution in [0.3, 0.4) is 0 Å². The average molecular weight is 508 g/mol. The molecule has 0 radical (unpaired) electrons. The zero-order valence-electron chi connectivity index (χ0n) is 19.9. The number of anilines is 2. The van der Waals surface area contributed by atoms with E-state index in [-0.39, 0.29) is 11.4 Å². The number of para-hydroxylation sites is 2. The summed E-state index contributed by atoms with van der Waals surface area (Å²) in [6.45, 7) is 0. The van der Waals surface area contributed by atoms with E-state index in [2.05, 4.69) is 15.6 Å². The monoisotopic (exact) mass is 507 g/mol. The second-order valence-corrected chi connectivity index (χ2v) is 9.91. The number of hydrogen-bond acceptors (Lipinski definition) is 6. The van der Waals surface area contributed by atoms with Gasteiger partial charge in [0.15, 0.2) is 0 Å². The molecule has 10 nitrogen and oxygen atoms in total. The summed E-state index contributed by atoms with van der Waals surface area (Å²) in [4.78, 5) is 56.8. The van der Waals surface area contributed by atoms with E-state index in [4.69, 9.17) is 0 Å². The number of hydrogen-bond donors (Lipinski definition) is 3. The third kappa shape index (κ3) is 2.88. The average Bonchev–Trinajstić information content (AvgIpc) is 3.63. The predicted molar refractivity (Wildman–Crippen MR) is 138 cm³/mol. The summed E-state index contributed by atoms with van der Waals surface area (Å²) in [6.07, 6.45) is 2.28. The Hall–Kier alpha value is -4.83.